The molecule has 2 atom stereocenters. The molecule has 1 aliphatic rings. The van der Waals surface area contributed by atoms with E-state index in [0.29, 0.717) is 11.9 Å². The molecule has 3 N–H and O–H groups in total. The Bertz CT molecular complexity index is 405. The molecule has 0 saturated heterocycles. The summed E-state index contributed by atoms with van der Waals surface area (Å²) in [4.78, 5) is 8.84. The maximum absolute atomic E-state index is 5.86. The van der Waals surface area contributed by atoms with Crippen LogP contribution in [0.25, 0.3) is 0 Å². The third-order valence-corrected chi connectivity index (χ3v) is 3.98. The third kappa shape index (κ3) is 4.08. The predicted octanol–water partition coefficient (Wildman–Crippen LogP) is 3.39. The van der Waals surface area contributed by atoms with Crippen molar-refractivity contribution in [1.82, 2.24) is 9.97 Å². The fraction of sp³-hybridized carbons (Fsp3) is 0.733. The minimum absolute atomic E-state index is 0.544. The van der Waals surface area contributed by atoms with E-state index in [1.807, 2.05) is 6.07 Å². The summed E-state index contributed by atoms with van der Waals surface area (Å²) in [5.74, 6) is 3.19. The lowest BCUT2D eigenvalue weighted by Crippen LogP contribution is -2.27. The Kier molecular flexibility index (Phi) is 5.00. The lowest BCUT2D eigenvalue weighted by atomic mass is 9.84. The van der Waals surface area contributed by atoms with E-state index in [0.717, 1.165) is 30.4 Å². The maximum atomic E-state index is 5.86. The number of nitrogens with one attached hydrogen (secondary N) is 1. The number of aryl methyl sites for hydroxylation is 1. The molecule has 1 saturated carbocycles. The molecular formula is C15H26N4. The summed E-state index contributed by atoms with van der Waals surface area (Å²) in [6.07, 6.45) is 8.41. The van der Waals surface area contributed by atoms with E-state index in [4.69, 9.17) is 5.73 Å². The SMILES string of the molecule is CCCc1nc(N)cc(NC2CCCC(CC)C2)n1. The first-order valence-electron chi connectivity index (χ1n) is 7.61. The Morgan fingerprint density at radius 2 is 2.16 bits per heavy atom. The molecule has 0 aliphatic heterocycles. The molecule has 0 amide bonds. The van der Waals surface area contributed by atoms with E-state index in [9.17, 15) is 0 Å². The smallest absolute Gasteiger partial charge is 0.133 e. The van der Waals surface area contributed by atoms with E-state index in [1.54, 1.807) is 0 Å². The zero-order chi connectivity index (χ0) is 13.7. The van der Waals surface area contributed by atoms with Gasteiger partial charge in [-0.2, -0.15) is 0 Å². The standard InChI is InChI=1S/C15H26N4/c1-3-6-14-18-13(16)10-15(19-14)17-12-8-5-7-11(4-2)9-12/h10-12H,3-9H2,1-2H3,(H3,16,17,18,19). The summed E-state index contributed by atoms with van der Waals surface area (Å²) >= 11 is 0. The highest BCUT2D eigenvalue weighted by Crippen LogP contribution is 2.28. The minimum atomic E-state index is 0.544. The van der Waals surface area contributed by atoms with Crippen molar-refractivity contribution in [3.8, 4) is 0 Å². The molecule has 19 heavy (non-hydrogen) atoms. The first-order valence-corrected chi connectivity index (χ1v) is 7.61. The third-order valence-electron chi connectivity index (χ3n) is 3.98. The Balaban J connectivity index is 2.01. The normalized spacial score (nSPS) is 23.3. The number of hydrogen-bond acceptors (Lipinski definition) is 4. The van der Waals surface area contributed by atoms with Crippen molar-refractivity contribution in [2.45, 2.75) is 64.8 Å². The van der Waals surface area contributed by atoms with Crippen LogP contribution in [0.4, 0.5) is 11.6 Å². The molecule has 0 spiro atoms. The van der Waals surface area contributed by atoms with Gasteiger partial charge in [-0.25, -0.2) is 9.97 Å². The largest absolute Gasteiger partial charge is 0.384 e. The van der Waals surface area contributed by atoms with Gasteiger partial charge in [0.2, 0.25) is 0 Å². The van der Waals surface area contributed by atoms with Gasteiger partial charge in [-0.3, -0.25) is 0 Å². The van der Waals surface area contributed by atoms with Gasteiger partial charge in [-0.15, -0.1) is 0 Å². The number of aromatic nitrogens is 2. The Hall–Kier alpha value is -1.32. The number of anilines is 2. The summed E-state index contributed by atoms with van der Waals surface area (Å²) < 4.78 is 0. The van der Waals surface area contributed by atoms with Gasteiger partial charge in [0.05, 0.1) is 0 Å². The fourth-order valence-electron chi connectivity index (χ4n) is 2.93. The molecule has 4 heteroatoms. The summed E-state index contributed by atoms with van der Waals surface area (Å²) in [7, 11) is 0. The summed E-state index contributed by atoms with van der Waals surface area (Å²) in [5.41, 5.74) is 5.86. The predicted molar refractivity (Wildman–Crippen MR) is 80.1 cm³/mol. The highest BCUT2D eigenvalue weighted by atomic mass is 15.1. The molecule has 1 aromatic rings. The molecule has 0 aromatic carbocycles. The molecule has 4 nitrogen and oxygen atoms in total. The van der Waals surface area contributed by atoms with Crippen LogP contribution in [0.3, 0.4) is 0 Å². The minimum Gasteiger partial charge on any atom is -0.384 e. The van der Waals surface area contributed by atoms with E-state index < -0.39 is 0 Å². The Morgan fingerprint density at radius 1 is 1.32 bits per heavy atom. The van der Waals surface area contributed by atoms with Crippen LogP contribution < -0.4 is 11.1 Å². The van der Waals surface area contributed by atoms with Crippen LogP contribution in [0, 0.1) is 5.92 Å². The van der Waals surface area contributed by atoms with Gasteiger partial charge in [-0.05, 0) is 25.2 Å². The molecule has 2 rings (SSSR count). The number of nitrogens with zero attached hydrogens (tertiary/aromatic N) is 2. The van der Waals surface area contributed by atoms with Crippen LogP contribution in [-0.4, -0.2) is 16.0 Å². The van der Waals surface area contributed by atoms with Crippen molar-refractivity contribution in [3.05, 3.63) is 11.9 Å². The van der Waals surface area contributed by atoms with E-state index >= 15 is 0 Å². The van der Waals surface area contributed by atoms with Crippen LogP contribution in [0.15, 0.2) is 6.07 Å². The molecule has 106 valence electrons. The van der Waals surface area contributed by atoms with Gasteiger partial charge in [0.25, 0.3) is 0 Å². The van der Waals surface area contributed by atoms with Crippen molar-refractivity contribution in [1.29, 1.82) is 0 Å². The second-order valence-corrected chi connectivity index (χ2v) is 5.63. The van der Waals surface area contributed by atoms with Gasteiger partial charge in [-0.1, -0.05) is 33.1 Å². The highest BCUT2D eigenvalue weighted by Gasteiger charge is 2.21. The zero-order valence-corrected chi connectivity index (χ0v) is 12.2. The summed E-state index contributed by atoms with van der Waals surface area (Å²) in [6, 6.07) is 2.40. The lowest BCUT2D eigenvalue weighted by molar-refractivity contribution is 0.327. The van der Waals surface area contributed by atoms with Crippen molar-refractivity contribution in [3.63, 3.8) is 0 Å². The molecule has 1 aromatic heterocycles. The number of nitrogens with two attached hydrogens (primary N) is 1. The highest BCUT2D eigenvalue weighted by molar-refractivity contribution is 5.45. The second kappa shape index (κ2) is 6.73. The second-order valence-electron chi connectivity index (χ2n) is 5.63. The zero-order valence-electron chi connectivity index (χ0n) is 12.2. The van der Waals surface area contributed by atoms with E-state index in [1.165, 1.54) is 32.1 Å². The molecule has 1 heterocycles. The molecule has 1 fully saturated rings. The van der Waals surface area contributed by atoms with Gasteiger partial charge >= 0.3 is 0 Å². The first-order chi connectivity index (χ1) is 9.21. The van der Waals surface area contributed by atoms with E-state index in [-0.39, 0.29) is 0 Å². The van der Waals surface area contributed by atoms with Crippen LogP contribution in [0.2, 0.25) is 0 Å². The van der Waals surface area contributed by atoms with Gasteiger partial charge < -0.3 is 11.1 Å². The lowest BCUT2D eigenvalue weighted by Gasteiger charge is -2.29. The van der Waals surface area contributed by atoms with Crippen molar-refractivity contribution in [2.75, 3.05) is 11.1 Å². The average molecular weight is 262 g/mol. The molecule has 0 radical (unpaired) electrons. The maximum Gasteiger partial charge on any atom is 0.133 e. The number of rotatable bonds is 5. The molecular weight excluding hydrogens is 236 g/mol. The Morgan fingerprint density at radius 3 is 2.89 bits per heavy atom. The quantitative estimate of drug-likeness (QED) is 0.853. The molecule has 2 unspecified atom stereocenters. The van der Waals surface area contributed by atoms with Crippen LogP contribution >= 0.6 is 0 Å². The average Bonchev–Trinajstić information content (AvgIpc) is 2.38. The number of hydrogen-bond donors (Lipinski definition) is 2. The van der Waals surface area contributed by atoms with Crippen LogP contribution in [0.5, 0.6) is 0 Å². The first kappa shape index (κ1) is 14.1. The summed E-state index contributed by atoms with van der Waals surface area (Å²) in [6.45, 7) is 4.42. The van der Waals surface area contributed by atoms with Crippen molar-refractivity contribution < 1.29 is 0 Å². The molecule has 0 bridgehead atoms. The van der Waals surface area contributed by atoms with Crippen LogP contribution in [-0.2, 0) is 6.42 Å². The van der Waals surface area contributed by atoms with Gasteiger partial charge in [0.1, 0.15) is 17.5 Å². The van der Waals surface area contributed by atoms with Gasteiger partial charge in [0, 0.05) is 18.5 Å². The van der Waals surface area contributed by atoms with Gasteiger partial charge in [0.15, 0.2) is 0 Å². The number of nitrogen functional groups attached to an aromatic ring is 1. The summed E-state index contributed by atoms with van der Waals surface area (Å²) in [5, 5.41) is 3.55. The molecule has 1 aliphatic carbocycles. The topological polar surface area (TPSA) is 63.8 Å². The monoisotopic (exact) mass is 262 g/mol. The van der Waals surface area contributed by atoms with Crippen molar-refractivity contribution in [2.24, 2.45) is 5.92 Å². The van der Waals surface area contributed by atoms with Crippen molar-refractivity contribution >= 4 is 11.6 Å². The van der Waals surface area contributed by atoms with E-state index in [2.05, 4.69) is 29.1 Å². The Labute approximate surface area is 116 Å². The van der Waals surface area contributed by atoms with Crippen LogP contribution in [0.1, 0.15) is 58.2 Å². The fourth-order valence-corrected chi connectivity index (χ4v) is 2.93.